The Hall–Kier alpha value is -0.780. The molecule has 2 nitrogen and oxygen atoms in total. The van der Waals surface area contributed by atoms with Crippen molar-refractivity contribution in [3.05, 3.63) is 55.6 Å². The molecule has 0 amide bonds. The normalized spacial score (nSPS) is 11.0. The molecule has 2 aromatic rings. The number of aliphatic imine (C=N–C) groups is 1. The van der Waals surface area contributed by atoms with Crippen molar-refractivity contribution in [1.82, 2.24) is 0 Å². The van der Waals surface area contributed by atoms with E-state index in [1.165, 1.54) is 0 Å². The third kappa shape index (κ3) is 3.87. The van der Waals surface area contributed by atoms with Gasteiger partial charge in [-0.1, -0.05) is 29.3 Å². The lowest BCUT2D eigenvalue weighted by Crippen LogP contribution is -1.94. The maximum atomic E-state index is 6.09. The summed E-state index contributed by atoms with van der Waals surface area (Å²) in [7, 11) is 0. The predicted octanol–water partition coefficient (Wildman–Crippen LogP) is 5.75. The van der Waals surface area contributed by atoms with Gasteiger partial charge in [0.25, 0.3) is 0 Å². The summed E-state index contributed by atoms with van der Waals surface area (Å²) in [6.45, 7) is 2.62. The molecule has 0 saturated heterocycles. The summed E-state index contributed by atoms with van der Waals surface area (Å²) in [6.07, 6.45) is 1.76. The molecule has 104 valence electrons. The van der Waals surface area contributed by atoms with Crippen molar-refractivity contribution in [1.29, 1.82) is 0 Å². The molecule has 2 aromatic carbocycles. The summed E-state index contributed by atoms with van der Waals surface area (Å²) >= 11 is 14.3. The molecule has 0 N–H and O–H groups in total. The van der Waals surface area contributed by atoms with Crippen LogP contribution < -0.4 is 4.74 Å². The summed E-state index contributed by atoms with van der Waals surface area (Å²) in [6, 6.07) is 11.3. The second-order valence-electron chi connectivity index (χ2n) is 3.95. The van der Waals surface area contributed by atoms with Crippen LogP contribution in [0.4, 0.5) is 5.69 Å². The van der Waals surface area contributed by atoms with Crippen LogP contribution in [0.15, 0.2) is 41.4 Å². The second-order valence-corrected chi connectivity index (χ2v) is 5.90. The number of rotatable bonds is 4. The molecule has 2 rings (SSSR count). The van der Waals surface area contributed by atoms with Crippen molar-refractivity contribution in [3.8, 4) is 5.75 Å². The van der Waals surface area contributed by atoms with Crippen LogP contribution in [0, 0.1) is 3.57 Å². The van der Waals surface area contributed by atoms with Gasteiger partial charge in [0.15, 0.2) is 0 Å². The van der Waals surface area contributed by atoms with Gasteiger partial charge in [0.2, 0.25) is 0 Å². The Bertz CT molecular complexity index is 644. The largest absolute Gasteiger partial charge is 0.493 e. The lowest BCUT2D eigenvalue weighted by molar-refractivity contribution is 0.338. The minimum absolute atomic E-state index is 0.464. The van der Waals surface area contributed by atoms with Crippen molar-refractivity contribution in [3.63, 3.8) is 0 Å². The van der Waals surface area contributed by atoms with Crippen LogP contribution in [0.25, 0.3) is 0 Å². The number of benzene rings is 2. The molecule has 0 fully saturated rings. The van der Waals surface area contributed by atoms with Crippen molar-refractivity contribution < 1.29 is 4.74 Å². The molecule has 0 heterocycles. The Kier molecular flexibility index (Phi) is 5.69. The van der Waals surface area contributed by atoms with E-state index in [1.807, 2.05) is 37.3 Å². The topological polar surface area (TPSA) is 21.6 Å². The van der Waals surface area contributed by atoms with Crippen LogP contribution in [0.1, 0.15) is 12.5 Å². The summed E-state index contributed by atoms with van der Waals surface area (Å²) in [5.74, 6) is 0.881. The maximum Gasteiger partial charge on any atom is 0.132 e. The highest BCUT2D eigenvalue weighted by Crippen LogP contribution is 2.31. The standard InChI is InChI=1S/C15H12Cl2INO/c1-2-20-14-7-6-10(8-12(14)18)9-19-13-5-3-4-11(16)15(13)17/h3-9H,2H2,1H3. The van der Waals surface area contributed by atoms with Crippen LogP contribution >= 0.6 is 45.8 Å². The van der Waals surface area contributed by atoms with Gasteiger partial charge in [-0.25, -0.2) is 0 Å². The van der Waals surface area contributed by atoms with Crippen LogP contribution in [0.5, 0.6) is 5.75 Å². The Morgan fingerprint density at radius 2 is 2.05 bits per heavy atom. The highest BCUT2D eigenvalue weighted by molar-refractivity contribution is 14.1. The Labute approximate surface area is 141 Å². The van der Waals surface area contributed by atoms with Crippen LogP contribution in [0.2, 0.25) is 10.0 Å². The first kappa shape index (κ1) is 15.6. The quantitative estimate of drug-likeness (QED) is 0.456. The third-order valence-corrected chi connectivity index (χ3v) is 4.19. The van der Waals surface area contributed by atoms with E-state index in [0.717, 1.165) is 14.9 Å². The lowest BCUT2D eigenvalue weighted by atomic mass is 10.2. The van der Waals surface area contributed by atoms with E-state index in [2.05, 4.69) is 27.6 Å². The number of nitrogens with zero attached hydrogens (tertiary/aromatic N) is 1. The molecule has 20 heavy (non-hydrogen) atoms. The summed E-state index contributed by atoms with van der Waals surface area (Å²) in [4.78, 5) is 4.37. The Balaban J connectivity index is 2.23. The molecule has 0 aliphatic carbocycles. The van der Waals surface area contributed by atoms with Crippen LogP contribution in [0.3, 0.4) is 0 Å². The van der Waals surface area contributed by atoms with Crippen molar-refractivity contribution >= 4 is 57.7 Å². The lowest BCUT2D eigenvalue weighted by Gasteiger charge is -2.06. The summed E-state index contributed by atoms with van der Waals surface area (Å²) < 4.78 is 6.55. The van der Waals surface area contributed by atoms with Gasteiger partial charge in [-0.3, -0.25) is 4.99 Å². The second kappa shape index (κ2) is 7.29. The minimum atomic E-state index is 0.464. The number of hydrogen-bond donors (Lipinski definition) is 0. The zero-order chi connectivity index (χ0) is 14.5. The fraction of sp³-hybridized carbons (Fsp3) is 0.133. The highest BCUT2D eigenvalue weighted by atomic mass is 127. The van der Waals surface area contributed by atoms with Gasteiger partial charge in [-0.15, -0.1) is 0 Å². The predicted molar refractivity (Wildman–Crippen MR) is 94.0 cm³/mol. The van der Waals surface area contributed by atoms with E-state index in [9.17, 15) is 0 Å². The summed E-state index contributed by atoms with van der Waals surface area (Å²) in [5.41, 5.74) is 1.64. The van der Waals surface area contributed by atoms with Gasteiger partial charge >= 0.3 is 0 Å². The van der Waals surface area contributed by atoms with E-state index in [0.29, 0.717) is 22.3 Å². The molecular formula is C15H12Cl2INO. The Morgan fingerprint density at radius 3 is 2.75 bits per heavy atom. The first-order chi connectivity index (χ1) is 9.61. The Morgan fingerprint density at radius 1 is 1.25 bits per heavy atom. The average Bonchev–Trinajstić information content (AvgIpc) is 2.43. The van der Waals surface area contributed by atoms with E-state index in [-0.39, 0.29) is 0 Å². The van der Waals surface area contributed by atoms with Gasteiger partial charge in [-0.05, 0) is 65.4 Å². The highest BCUT2D eigenvalue weighted by Gasteiger charge is 2.03. The van der Waals surface area contributed by atoms with Gasteiger partial charge in [0, 0.05) is 6.21 Å². The maximum absolute atomic E-state index is 6.09. The number of halogens is 3. The van der Waals surface area contributed by atoms with Crippen LogP contribution in [-0.4, -0.2) is 12.8 Å². The summed E-state index contributed by atoms with van der Waals surface area (Å²) in [5, 5.41) is 0.966. The fourth-order valence-corrected chi connectivity index (χ4v) is 2.65. The van der Waals surface area contributed by atoms with Crippen molar-refractivity contribution in [2.75, 3.05) is 6.61 Å². The SMILES string of the molecule is CCOc1ccc(C=Nc2cccc(Cl)c2Cl)cc1I. The first-order valence-electron chi connectivity index (χ1n) is 6.02. The van der Waals surface area contributed by atoms with Gasteiger partial charge in [0.1, 0.15) is 5.75 Å². The molecule has 0 aliphatic heterocycles. The van der Waals surface area contributed by atoms with Crippen molar-refractivity contribution in [2.45, 2.75) is 6.92 Å². The number of ether oxygens (including phenoxy) is 1. The molecule has 5 heteroatoms. The average molecular weight is 420 g/mol. The first-order valence-corrected chi connectivity index (χ1v) is 7.85. The molecule has 0 bridgehead atoms. The molecular weight excluding hydrogens is 408 g/mol. The molecule has 0 spiro atoms. The molecule has 0 radical (unpaired) electrons. The third-order valence-electron chi connectivity index (χ3n) is 2.54. The monoisotopic (exact) mass is 419 g/mol. The zero-order valence-electron chi connectivity index (χ0n) is 10.7. The van der Waals surface area contributed by atoms with E-state index in [4.69, 9.17) is 27.9 Å². The molecule has 0 atom stereocenters. The molecule has 0 saturated carbocycles. The van der Waals surface area contributed by atoms with Gasteiger partial charge in [-0.2, -0.15) is 0 Å². The smallest absolute Gasteiger partial charge is 0.132 e. The molecule has 0 aliphatic rings. The molecule has 0 aromatic heterocycles. The van der Waals surface area contributed by atoms with Crippen LogP contribution in [-0.2, 0) is 0 Å². The molecule has 0 unspecified atom stereocenters. The van der Waals surface area contributed by atoms with E-state index in [1.54, 1.807) is 12.3 Å². The van der Waals surface area contributed by atoms with E-state index >= 15 is 0 Å². The number of hydrogen-bond acceptors (Lipinski definition) is 2. The van der Waals surface area contributed by atoms with Crippen molar-refractivity contribution in [2.24, 2.45) is 4.99 Å². The van der Waals surface area contributed by atoms with E-state index < -0.39 is 0 Å². The van der Waals surface area contributed by atoms with Gasteiger partial charge < -0.3 is 4.74 Å². The zero-order valence-corrected chi connectivity index (χ0v) is 14.4. The van der Waals surface area contributed by atoms with Gasteiger partial charge in [0.05, 0.1) is 25.9 Å². The fourth-order valence-electron chi connectivity index (χ4n) is 1.61. The minimum Gasteiger partial charge on any atom is -0.493 e.